The fourth-order valence-electron chi connectivity index (χ4n) is 2.87. The number of hydrogen-bond acceptors (Lipinski definition) is 3. The first-order valence-corrected chi connectivity index (χ1v) is 11.7. The quantitative estimate of drug-likeness (QED) is 0.457. The van der Waals surface area contributed by atoms with E-state index in [0.29, 0.717) is 18.8 Å². The molecule has 0 fully saturated rings. The minimum Gasteiger partial charge on any atom is -0.483 e. The van der Waals surface area contributed by atoms with Crippen LogP contribution in [0.4, 0.5) is 0 Å². The predicted molar refractivity (Wildman–Crippen MR) is 126 cm³/mol. The second-order valence-electron chi connectivity index (χ2n) is 7.02. The van der Waals surface area contributed by atoms with Gasteiger partial charge in [-0.2, -0.15) is 0 Å². The number of aryl methyl sites for hydroxylation is 1. The van der Waals surface area contributed by atoms with E-state index in [-0.39, 0.29) is 18.4 Å². The molecule has 2 amide bonds. The van der Waals surface area contributed by atoms with E-state index in [4.69, 9.17) is 4.74 Å². The third-order valence-corrected chi connectivity index (χ3v) is 5.89. The van der Waals surface area contributed by atoms with Gasteiger partial charge in [0.1, 0.15) is 11.8 Å². The number of benzene rings is 2. The summed E-state index contributed by atoms with van der Waals surface area (Å²) in [6.45, 7) is 6.57. The molecule has 1 atom stereocenters. The van der Waals surface area contributed by atoms with Gasteiger partial charge < -0.3 is 15.0 Å². The van der Waals surface area contributed by atoms with Gasteiger partial charge in [-0.25, -0.2) is 0 Å². The van der Waals surface area contributed by atoms with Crippen LogP contribution in [-0.2, 0) is 22.6 Å². The third-order valence-electron chi connectivity index (χ3n) is 4.74. The molecule has 2 aromatic rings. The first-order valence-electron chi connectivity index (χ1n) is 10.1. The lowest BCUT2D eigenvalue weighted by Gasteiger charge is -2.29. The summed E-state index contributed by atoms with van der Waals surface area (Å²) in [6.07, 6.45) is 1.76. The Balaban J connectivity index is 2.14. The Morgan fingerprint density at radius 3 is 2.33 bits per heavy atom. The summed E-state index contributed by atoms with van der Waals surface area (Å²) in [4.78, 5) is 27.1. The maximum atomic E-state index is 13.0. The number of halogens is 2. The molecule has 0 saturated carbocycles. The van der Waals surface area contributed by atoms with Gasteiger partial charge in [0, 0.05) is 17.6 Å². The molecule has 30 heavy (non-hydrogen) atoms. The Bertz CT molecular complexity index is 856. The van der Waals surface area contributed by atoms with Crippen LogP contribution < -0.4 is 10.1 Å². The largest absolute Gasteiger partial charge is 0.483 e. The minimum absolute atomic E-state index is 0.147. The van der Waals surface area contributed by atoms with Gasteiger partial charge >= 0.3 is 0 Å². The summed E-state index contributed by atoms with van der Waals surface area (Å²) in [5, 5.41) is 2.87. The van der Waals surface area contributed by atoms with E-state index >= 15 is 0 Å². The van der Waals surface area contributed by atoms with Gasteiger partial charge in [-0.05, 0) is 71.1 Å². The number of carbonyl (C=O) groups is 2. The Hall–Kier alpha value is -1.86. The van der Waals surface area contributed by atoms with Crippen molar-refractivity contribution in [1.82, 2.24) is 10.2 Å². The molecule has 0 bridgehead atoms. The summed E-state index contributed by atoms with van der Waals surface area (Å²) >= 11 is 6.92. The summed E-state index contributed by atoms with van der Waals surface area (Å²) in [5.41, 5.74) is 2.12. The maximum absolute atomic E-state index is 13.0. The zero-order valence-corrected chi connectivity index (χ0v) is 20.8. The third kappa shape index (κ3) is 7.13. The Labute approximate surface area is 195 Å². The molecule has 0 radical (unpaired) electrons. The number of nitrogens with one attached hydrogen (secondary N) is 1. The molecule has 0 aliphatic carbocycles. The van der Waals surface area contributed by atoms with Crippen LogP contribution in [0.5, 0.6) is 5.75 Å². The van der Waals surface area contributed by atoms with Crippen molar-refractivity contribution in [3.63, 3.8) is 0 Å². The van der Waals surface area contributed by atoms with E-state index in [0.717, 1.165) is 27.4 Å². The Morgan fingerprint density at radius 2 is 1.73 bits per heavy atom. The van der Waals surface area contributed by atoms with Gasteiger partial charge in [0.25, 0.3) is 5.91 Å². The number of hydrogen-bond donors (Lipinski definition) is 1. The van der Waals surface area contributed by atoms with Crippen LogP contribution in [0.15, 0.2) is 51.4 Å². The number of nitrogens with zero attached hydrogens (tertiary/aromatic N) is 1. The number of amides is 2. The van der Waals surface area contributed by atoms with Crippen LogP contribution >= 0.6 is 31.9 Å². The number of ether oxygens (including phenoxy) is 1. The van der Waals surface area contributed by atoms with Gasteiger partial charge in [-0.3, -0.25) is 9.59 Å². The summed E-state index contributed by atoms with van der Waals surface area (Å²) in [7, 11) is 0. The highest BCUT2D eigenvalue weighted by Gasteiger charge is 2.26. The molecule has 7 heteroatoms. The summed E-state index contributed by atoms with van der Waals surface area (Å²) in [6, 6.07) is 12.9. The van der Waals surface area contributed by atoms with E-state index in [9.17, 15) is 9.59 Å². The highest BCUT2D eigenvalue weighted by Crippen LogP contribution is 2.26. The minimum atomic E-state index is -0.609. The molecule has 0 spiro atoms. The summed E-state index contributed by atoms with van der Waals surface area (Å²) < 4.78 is 7.54. The second-order valence-corrected chi connectivity index (χ2v) is 8.79. The maximum Gasteiger partial charge on any atom is 0.261 e. The fraction of sp³-hybridized carbons (Fsp3) is 0.391. The zero-order valence-electron chi connectivity index (χ0n) is 17.6. The van der Waals surface area contributed by atoms with Crippen molar-refractivity contribution in [2.75, 3.05) is 13.2 Å². The van der Waals surface area contributed by atoms with Crippen molar-refractivity contribution < 1.29 is 14.3 Å². The first-order chi connectivity index (χ1) is 14.3. The van der Waals surface area contributed by atoms with E-state index in [1.54, 1.807) is 11.8 Å². The van der Waals surface area contributed by atoms with Gasteiger partial charge in [0.2, 0.25) is 5.91 Å². The molecule has 0 aliphatic heterocycles. The van der Waals surface area contributed by atoms with Crippen molar-refractivity contribution in [2.24, 2.45) is 0 Å². The smallest absolute Gasteiger partial charge is 0.261 e. The molecule has 0 aliphatic rings. The number of rotatable bonds is 10. The average molecular weight is 540 g/mol. The van der Waals surface area contributed by atoms with Gasteiger partial charge in [-0.15, -0.1) is 0 Å². The molecule has 162 valence electrons. The second kappa shape index (κ2) is 12.1. The fourth-order valence-corrected chi connectivity index (χ4v) is 3.67. The average Bonchev–Trinajstić information content (AvgIpc) is 2.75. The van der Waals surface area contributed by atoms with E-state index in [2.05, 4.69) is 44.1 Å². The molecule has 5 nitrogen and oxygen atoms in total. The molecule has 1 N–H and O–H groups in total. The van der Waals surface area contributed by atoms with Crippen LogP contribution in [0, 0.1) is 0 Å². The van der Waals surface area contributed by atoms with Crippen molar-refractivity contribution in [2.45, 2.75) is 46.2 Å². The van der Waals surface area contributed by atoms with E-state index < -0.39 is 6.04 Å². The number of carbonyl (C=O) groups excluding carboxylic acids is 2. The van der Waals surface area contributed by atoms with E-state index in [1.807, 2.05) is 49.4 Å². The molecule has 0 unspecified atom stereocenters. The van der Waals surface area contributed by atoms with Gasteiger partial charge in [-0.1, -0.05) is 48.0 Å². The van der Waals surface area contributed by atoms with Crippen LogP contribution in [0.1, 0.15) is 38.3 Å². The van der Waals surface area contributed by atoms with Crippen LogP contribution in [0.25, 0.3) is 0 Å². The van der Waals surface area contributed by atoms with Crippen molar-refractivity contribution >= 4 is 43.7 Å². The topological polar surface area (TPSA) is 58.6 Å². The van der Waals surface area contributed by atoms with Crippen molar-refractivity contribution in [1.29, 1.82) is 0 Å². The van der Waals surface area contributed by atoms with Gasteiger partial charge in [0.15, 0.2) is 6.61 Å². The molecular formula is C23H28Br2N2O3. The first kappa shape index (κ1) is 24.4. The van der Waals surface area contributed by atoms with Crippen LogP contribution in [0.2, 0.25) is 0 Å². The lowest BCUT2D eigenvalue weighted by Crippen LogP contribution is -2.49. The monoisotopic (exact) mass is 538 g/mol. The SMILES string of the molecule is CCCNC(=O)[C@H](C)N(Cc1ccc(Br)cc1)C(=O)COc1ccc(CC)cc1Br. The summed E-state index contributed by atoms with van der Waals surface area (Å²) in [5.74, 6) is 0.187. The predicted octanol–water partition coefficient (Wildman–Crippen LogP) is 5.10. The van der Waals surface area contributed by atoms with Crippen LogP contribution in [0.3, 0.4) is 0 Å². The molecule has 2 aromatic carbocycles. The molecule has 2 rings (SSSR count). The lowest BCUT2D eigenvalue weighted by atomic mass is 10.1. The molecule has 0 saturated heterocycles. The molecular weight excluding hydrogens is 512 g/mol. The molecule has 0 heterocycles. The van der Waals surface area contributed by atoms with Crippen molar-refractivity contribution in [3.8, 4) is 5.75 Å². The van der Waals surface area contributed by atoms with Crippen molar-refractivity contribution in [3.05, 3.63) is 62.5 Å². The Kier molecular flexibility index (Phi) is 9.85. The highest BCUT2D eigenvalue weighted by molar-refractivity contribution is 9.10. The normalized spacial score (nSPS) is 11.6. The molecule has 0 aromatic heterocycles. The van der Waals surface area contributed by atoms with Crippen LogP contribution in [-0.4, -0.2) is 35.9 Å². The lowest BCUT2D eigenvalue weighted by molar-refractivity contribution is -0.142. The highest BCUT2D eigenvalue weighted by atomic mass is 79.9. The standard InChI is InChI=1S/C23H28Br2N2O3/c1-4-12-26-23(29)16(3)27(14-18-6-9-19(24)10-7-18)22(28)15-30-21-11-8-17(5-2)13-20(21)25/h6-11,13,16H,4-5,12,14-15H2,1-3H3,(H,26,29)/t16-/m0/s1. The zero-order chi connectivity index (χ0) is 22.1. The van der Waals surface area contributed by atoms with Gasteiger partial charge in [0.05, 0.1) is 4.47 Å². The van der Waals surface area contributed by atoms with E-state index in [1.165, 1.54) is 5.56 Å². The Morgan fingerprint density at radius 1 is 1.07 bits per heavy atom.